The van der Waals surface area contributed by atoms with Crippen LogP contribution >= 0.6 is 15.9 Å². The number of halogens is 1. The minimum absolute atomic E-state index is 0.0122. The van der Waals surface area contributed by atoms with Crippen molar-refractivity contribution >= 4 is 33.7 Å². The molecule has 1 aliphatic heterocycles. The van der Waals surface area contributed by atoms with Crippen LogP contribution in [-0.2, 0) is 14.4 Å². The molecule has 0 N–H and O–H groups in total. The molecule has 23 heavy (non-hydrogen) atoms. The van der Waals surface area contributed by atoms with Crippen molar-refractivity contribution in [3.63, 3.8) is 0 Å². The van der Waals surface area contributed by atoms with Gasteiger partial charge in [-0.05, 0) is 40.9 Å². The third kappa shape index (κ3) is 3.32. The lowest BCUT2D eigenvalue weighted by Crippen LogP contribution is -2.33. The van der Waals surface area contributed by atoms with Crippen molar-refractivity contribution in [2.75, 3.05) is 6.54 Å². The van der Waals surface area contributed by atoms with Crippen molar-refractivity contribution in [3.05, 3.63) is 28.7 Å². The number of benzene rings is 1. The van der Waals surface area contributed by atoms with Crippen molar-refractivity contribution in [2.24, 2.45) is 11.8 Å². The third-order valence-corrected chi connectivity index (χ3v) is 5.19. The fraction of sp³-hybridized carbons (Fsp3) is 0.471. The van der Waals surface area contributed by atoms with Crippen LogP contribution in [0.25, 0.3) is 0 Å². The summed E-state index contributed by atoms with van der Waals surface area (Å²) in [4.78, 5) is 37.9. The van der Waals surface area contributed by atoms with Crippen molar-refractivity contribution in [3.8, 4) is 5.75 Å². The molecule has 5 nitrogen and oxygen atoms in total. The van der Waals surface area contributed by atoms with Gasteiger partial charge in [-0.3, -0.25) is 19.3 Å². The van der Waals surface area contributed by atoms with Gasteiger partial charge in [-0.2, -0.15) is 0 Å². The highest BCUT2D eigenvalue weighted by Crippen LogP contribution is 2.38. The molecule has 1 aromatic carbocycles. The Hall–Kier alpha value is -1.69. The number of nitrogens with zero attached hydrogens (tertiary/aromatic N) is 1. The van der Waals surface area contributed by atoms with Crippen LogP contribution in [0.4, 0.5) is 0 Å². The highest BCUT2D eigenvalue weighted by molar-refractivity contribution is 9.10. The number of ether oxygens (including phenoxy) is 1. The largest absolute Gasteiger partial charge is 0.425 e. The number of hydrogen-bond donors (Lipinski definition) is 0. The zero-order chi connectivity index (χ0) is 16.4. The van der Waals surface area contributed by atoms with Gasteiger partial charge in [-0.1, -0.05) is 25.0 Å². The maximum Gasteiger partial charge on any atom is 0.313 e. The summed E-state index contributed by atoms with van der Waals surface area (Å²) in [5.41, 5.74) is 0. The van der Waals surface area contributed by atoms with Crippen molar-refractivity contribution in [1.82, 2.24) is 4.90 Å². The number of amides is 2. The molecule has 0 aromatic heterocycles. The molecule has 2 aliphatic rings. The number of carbonyl (C=O) groups excluding carboxylic acids is 3. The lowest BCUT2D eigenvalue weighted by atomic mass is 9.81. The average molecular weight is 380 g/mol. The standard InChI is InChI=1S/C17H18BrNO4/c18-13-7-3-4-8-14(13)23-15(20)9-10-19-16(21)11-5-1-2-6-12(11)17(19)22/h3-4,7-8,11-12H,1-2,5-6,9-10H2/t11-,12-/m0/s1. The Morgan fingerprint density at radius 2 is 1.74 bits per heavy atom. The molecule has 1 aliphatic carbocycles. The maximum atomic E-state index is 12.3. The normalized spacial score (nSPS) is 23.8. The van der Waals surface area contributed by atoms with Gasteiger partial charge < -0.3 is 4.74 Å². The smallest absolute Gasteiger partial charge is 0.313 e. The van der Waals surface area contributed by atoms with E-state index in [1.54, 1.807) is 18.2 Å². The molecule has 1 saturated carbocycles. The predicted molar refractivity (Wildman–Crippen MR) is 86.6 cm³/mol. The monoisotopic (exact) mass is 379 g/mol. The van der Waals surface area contributed by atoms with Gasteiger partial charge in [0.2, 0.25) is 11.8 Å². The van der Waals surface area contributed by atoms with Crippen LogP contribution in [-0.4, -0.2) is 29.2 Å². The van der Waals surface area contributed by atoms with E-state index in [9.17, 15) is 14.4 Å². The molecule has 1 saturated heterocycles. The van der Waals surface area contributed by atoms with Crippen LogP contribution in [0, 0.1) is 11.8 Å². The van der Waals surface area contributed by atoms with Gasteiger partial charge in [0.25, 0.3) is 0 Å². The third-order valence-electron chi connectivity index (χ3n) is 4.53. The molecule has 1 aromatic rings. The summed E-state index contributed by atoms with van der Waals surface area (Å²) < 4.78 is 5.95. The molecule has 0 unspecified atom stereocenters. The number of hydrogen-bond acceptors (Lipinski definition) is 4. The minimum atomic E-state index is -0.452. The molecule has 2 atom stereocenters. The van der Waals surface area contributed by atoms with E-state index in [-0.39, 0.29) is 36.6 Å². The Morgan fingerprint density at radius 1 is 1.13 bits per heavy atom. The van der Waals surface area contributed by atoms with Crippen LogP contribution in [0.5, 0.6) is 5.75 Å². The quantitative estimate of drug-likeness (QED) is 0.458. The molecule has 0 spiro atoms. The molecule has 3 rings (SSSR count). The Balaban J connectivity index is 1.58. The van der Waals surface area contributed by atoms with Crippen LogP contribution in [0.1, 0.15) is 32.1 Å². The highest BCUT2D eigenvalue weighted by atomic mass is 79.9. The van der Waals surface area contributed by atoms with Gasteiger partial charge in [0.1, 0.15) is 5.75 Å². The molecule has 6 heteroatoms. The lowest BCUT2D eigenvalue weighted by molar-refractivity contribution is -0.141. The first-order valence-corrected chi connectivity index (χ1v) is 8.67. The SMILES string of the molecule is O=C(CCN1C(=O)[C@H]2CCCC[C@@H]2C1=O)Oc1ccccc1Br. The zero-order valence-corrected chi connectivity index (χ0v) is 14.3. The van der Waals surface area contributed by atoms with E-state index >= 15 is 0 Å². The Bertz CT molecular complexity index is 621. The minimum Gasteiger partial charge on any atom is -0.425 e. The summed E-state index contributed by atoms with van der Waals surface area (Å²) in [6.45, 7) is 0.105. The Morgan fingerprint density at radius 3 is 2.35 bits per heavy atom. The molecule has 2 fully saturated rings. The first kappa shape index (κ1) is 16.2. The first-order chi connectivity index (χ1) is 11.1. The van der Waals surface area contributed by atoms with E-state index < -0.39 is 5.97 Å². The van der Waals surface area contributed by atoms with Crippen LogP contribution < -0.4 is 4.74 Å². The molecular formula is C17H18BrNO4. The molecule has 1 heterocycles. The van der Waals surface area contributed by atoms with E-state index in [0.717, 1.165) is 25.7 Å². The number of esters is 1. The number of para-hydroxylation sites is 1. The molecular weight excluding hydrogens is 362 g/mol. The molecule has 0 bridgehead atoms. The lowest BCUT2D eigenvalue weighted by Gasteiger charge is -2.19. The van der Waals surface area contributed by atoms with Crippen molar-refractivity contribution < 1.29 is 19.1 Å². The van der Waals surface area contributed by atoms with Gasteiger partial charge >= 0.3 is 5.97 Å². The van der Waals surface area contributed by atoms with E-state index in [1.807, 2.05) is 6.07 Å². The van der Waals surface area contributed by atoms with E-state index in [1.165, 1.54) is 4.90 Å². The zero-order valence-electron chi connectivity index (χ0n) is 12.7. The fourth-order valence-electron chi connectivity index (χ4n) is 3.36. The highest BCUT2D eigenvalue weighted by Gasteiger charge is 2.47. The number of rotatable bonds is 4. The summed E-state index contributed by atoms with van der Waals surface area (Å²) in [6, 6.07) is 7.06. The first-order valence-electron chi connectivity index (χ1n) is 7.88. The van der Waals surface area contributed by atoms with Gasteiger partial charge in [0, 0.05) is 6.54 Å². The van der Waals surface area contributed by atoms with Gasteiger partial charge in [0.05, 0.1) is 22.7 Å². The number of carbonyl (C=O) groups is 3. The van der Waals surface area contributed by atoms with Crippen LogP contribution in [0.15, 0.2) is 28.7 Å². The van der Waals surface area contributed by atoms with Crippen LogP contribution in [0.3, 0.4) is 0 Å². The second kappa shape index (κ2) is 6.83. The number of likely N-dealkylation sites (tertiary alicyclic amines) is 1. The Kier molecular flexibility index (Phi) is 4.80. The molecule has 2 amide bonds. The Labute approximate surface area is 143 Å². The fourth-order valence-corrected chi connectivity index (χ4v) is 3.72. The summed E-state index contributed by atoms with van der Waals surface area (Å²) >= 11 is 3.31. The maximum absolute atomic E-state index is 12.3. The summed E-state index contributed by atoms with van der Waals surface area (Å²) in [6.07, 6.45) is 3.58. The summed E-state index contributed by atoms with van der Waals surface area (Å²) in [5.74, 6) is -0.592. The average Bonchev–Trinajstić information content (AvgIpc) is 2.80. The summed E-state index contributed by atoms with van der Waals surface area (Å²) in [7, 11) is 0. The second-order valence-electron chi connectivity index (χ2n) is 5.98. The molecule has 122 valence electrons. The van der Waals surface area contributed by atoms with Crippen LogP contribution in [0.2, 0.25) is 0 Å². The van der Waals surface area contributed by atoms with E-state index in [0.29, 0.717) is 10.2 Å². The van der Waals surface area contributed by atoms with E-state index in [4.69, 9.17) is 4.74 Å². The predicted octanol–water partition coefficient (Wildman–Crippen LogP) is 2.92. The van der Waals surface area contributed by atoms with Crippen molar-refractivity contribution in [2.45, 2.75) is 32.1 Å². The second-order valence-corrected chi connectivity index (χ2v) is 6.83. The topological polar surface area (TPSA) is 63.7 Å². The number of fused-ring (bicyclic) bond motifs is 1. The van der Waals surface area contributed by atoms with Gasteiger partial charge in [-0.25, -0.2) is 0 Å². The van der Waals surface area contributed by atoms with Gasteiger partial charge in [-0.15, -0.1) is 0 Å². The van der Waals surface area contributed by atoms with E-state index in [2.05, 4.69) is 15.9 Å². The summed E-state index contributed by atoms with van der Waals surface area (Å²) in [5, 5.41) is 0. The van der Waals surface area contributed by atoms with Crippen molar-refractivity contribution in [1.29, 1.82) is 0 Å². The number of imide groups is 1. The molecule has 0 radical (unpaired) electrons. The van der Waals surface area contributed by atoms with Gasteiger partial charge in [0.15, 0.2) is 0 Å².